The normalized spacial score (nSPS) is 18.1. The fraction of sp³-hybridized carbons (Fsp3) is 0.267. The highest BCUT2D eigenvalue weighted by atomic mass is 35.5. The van der Waals surface area contributed by atoms with Gasteiger partial charge in [0.1, 0.15) is 11.7 Å². The Bertz CT molecular complexity index is 732. The Labute approximate surface area is 126 Å². The van der Waals surface area contributed by atoms with E-state index in [4.69, 9.17) is 16.7 Å². The standard InChI is InChI=1S/C15H13ClN2O3/c16-10-5-3-9-4-6-11(17-12(9)8-10)14(19)18-7-1-2-13(18)15(20)21/h3-6,8,13H,1-2,7H2,(H,20,21). The van der Waals surface area contributed by atoms with Crippen LogP contribution in [0.15, 0.2) is 30.3 Å². The molecule has 6 heteroatoms. The number of likely N-dealkylation sites (tertiary alicyclic amines) is 1. The smallest absolute Gasteiger partial charge is 0.326 e. The van der Waals surface area contributed by atoms with E-state index >= 15 is 0 Å². The van der Waals surface area contributed by atoms with E-state index in [1.807, 2.05) is 6.07 Å². The maximum absolute atomic E-state index is 12.5. The third-order valence-corrected chi connectivity index (χ3v) is 3.91. The second kappa shape index (κ2) is 5.33. The molecule has 1 N–H and O–H groups in total. The van der Waals surface area contributed by atoms with Crippen LogP contribution in [0.4, 0.5) is 0 Å². The van der Waals surface area contributed by atoms with E-state index in [2.05, 4.69) is 4.98 Å². The van der Waals surface area contributed by atoms with Gasteiger partial charge in [0.2, 0.25) is 0 Å². The zero-order valence-corrected chi connectivity index (χ0v) is 11.9. The molecule has 0 radical (unpaired) electrons. The fourth-order valence-corrected chi connectivity index (χ4v) is 2.79. The van der Waals surface area contributed by atoms with Crippen molar-refractivity contribution >= 4 is 34.4 Å². The molecule has 1 atom stereocenters. The van der Waals surface area contributed by atoms with E-state index in [0.29, 0.717) is 29.9 Å². The van der Waals surface area contributed by atoms with E-state index in [1.54, 1.807) is 24.3 Å². The summed E-state index contributed by atoms with van der Waals surface area (Å²) in [5.74, 6) is -1.31. The van der Waals surface area contributed by atoms with Gasteiger partial charge in [0.15, 0.2) is 0 Å². The van der Waals surface area contributed by atoms with Crippen molar-refractivity contribution in [1.29, 1.82) is 0 Å². The van der Waals surface area contributed by atoms with Crippen LogP contribution in [0.3, 0.4) is 0 Å². The largest absolute Gasteiger partial charge is 0.480 e. The molecule has 0 spiro atoms. The van der Waals surface area contributed by atoms with Gasteiger partial charge >= 0.3 is 5.97 Å². The van der Waals surface area contributed by atoms with E-state index in [-0.39, 0.29) is 11.6 Å². The monoisotopic (exact) mass is 304 g/mol. The first-order valence-corrected chi connectivity index (χ1v) is 7.04. The number of pyridine rings is 1. The van der Waals surface area contributed by atoms with Gasteiger partial charge in [0.05, 0.1) is 5.52 Å². The van der Waals surface area contributed by atoms with Crippen LogP contribution in [-0.2, 0) is 4.79 Å². The fourth-order valence-electron chi connectivity index (χ4n) is 2.62. The molecule has 1 aliphatic heterocycles. The van der Waals surface area contributed by atoms with Gasteiger partial charge in [-0.05, 0) is 31.0 Å². The van der Waals surface area contributed by atoms with Gasteiger partial charge in [-0.15, -0.1) is 0 Å². The van der Waals surface area contributed by atoms with Crippen molar-refractivity contribution in [2.75, 3.05) is 6.54 Å². The molecule has 1 aliphatic rings. The number of carbonyl (C=O) groups excluding carboxylic acids is 1. The minimum Gasteiger partial charge on any atom is -0.480 e. The van der Waals surface area contributed by atoms with Crippen molar-refractivity contribution in [3.05, 3.63) is 41.0 Å². The zero-order chi connectivity index (χ0) is 15.0. The van der Waals surface area contributed by atoms with Crippen LogP contribution in [0.2, 0.25) is 5.02 Å². The molecule has 1 aromatic carbocycles. The molecule has 0 bridgehead atoms. The summed E-state index contributed by atoms with van der Waals surface area (Å²) in [7, 11) is 0. The molecule has 2 heterocycles. The zero-order valence-electron chi connectivity index (χ0n) is 11.1. The summed E-state index contributed by atoms with van der Waals surface area (Å²) in [6.07, 6.45) is 1.18. The average molecular weight is 305 g/mol. The number of aromatic nitrogens is 1. The van der Waals surface area contributed by atoms with Crippen LogP contribution < -0.4 is 0 Å². The Kier molecular flexibility index (Phi) is 3.51. The molecule has 1 fully saturated rings. The number of carboxylic acids is 1. The van der Waals surface area contributed by atoms with E-state index < -0.39 is 12.0 Å². The molecule has 0 aliphatic carbocycles. The van der Waals surface area contributed by atoms with Crippen LogP contribution in [0.1, 0.15) is 23.3 Å². The number of hydrogen-bond donors (Lipinski definition) is 1. The predicted octanol–water partition coefficient (Wildman–Crippen LogP) is 2.58. The summed E-state index contributed by atoms with van der Waals surface area (Å²) < 4.78 is 0. The molecule has 21 heavy (non-hydrogen) atoms. The Hall–Kier alpha value is -2.14. The lowest BCUT2D eigenvalue weighted by Crippen LogP contribution is -2.40. The van der Waals surface area contributed by atoms with Gasteiger partial charge in [-0.3, -0.25) is 4.79 Å². The number of benzene rings is 1. The summed E-state index contributed by atoms with van der Waals surface area (Å²) in [5.41, 5.74) is 0.873. The lowest BCUT2D eigenvalue weighted by molar-refractivity contribution is -0.141. The van der Waals surface area contributed by atoms with Crippen LogP contribution in [-0.4, -0.2) is 39.5 Å². The first-order chi connectivity index (χ1) is 10.1. The second-order valence-corrected chi connectivity index (χ2v) is 5.46. The number of halogens is 1. The number of hydrogen-bond acceptors (Lipinski definition) is 3. The topological polar surface area (TPSA) is 70.5 Å². The SMILES string of the molecule is O=C(O)C1CCCN1C(=O)c1ccc2ccc(Cl)cc2n1. The number of aliphatic carboxylic acids is 1. The quantitative estimate of drug-likeness (QED) is 0.925. The van der Waals surface area contributed by atoms with Crippen molar-refractivity contribution in [3.63, 3.8) is 0 Å². The molecule has 3 rings (SSSR count). The van der Waals surface area contributed by atoms with E-state index in [1.165, 1.54) is 4.90 Å². The minimum atomic E-state index is -0.968. The average Bonchev–Trinajstić information content (AvgIpc) is 2.95. The highest BCUT2D eigenvalue weighted by molar-refractivity contribution is 6.31. The third kappa shape index (κ3) is 2.56. The number of nitrogens with zero attached hydrogens (tertiary/aromatic N) is 2. The molecule has 1 saturated heterocycles. The van der Waals surface area contributed by atoms with Crippen LogP contribution in [0.5, 0.6) is 0 Å². The molecule has 1 aromatic heterocycles. The molecule has 1 amide bonds. The Morgan fingerprint density at radius 1 is 1.29 bits per heavy atom. The Balaban J connectivity index is 1.96. The minimum absolute atomic E-state index is 0.248. The van der Waals surface area contributed by atoms with Crippen molar-refractivity contribution in [2.24, 2.45) is 0 Å². The van der Waals surface area contributed by atoms with Crippen LogP contribution >= 0.6 is 11.6 Å². The van der Waals surface area contributed by atoms with E-state index in [9.17, 15) is 9.59 Å². The van der Waals surface area contributed by atoms with Gasteiger partial charge < -0.3 is 10.0 Å². The van der Waals surface area contributed by atoms with Crippen molar-refractivity contribution < 1.29 is 14.7 Å². The number of carboxylic acid groups (broad SMARTS) is 1. The number of rotatable bonds is 2. The first kappa shape index (κ1) is 13.8. The molecular formula is C15H13ClN2O3. The van der Waals surface area contributed by atoms with Crippen molar-refractivity contribution in [2.45, 2.75) is 18.9 Å². The molecule has 2 aromatic rings. The highest BCUT2D eigenvalue weighted by Gasteiger charge is 2.34. The van der Waals surface area contributed by atoms with Gasteiger partial charge in [-0.25, -0.2) is 9.78 Å². The van der Waals surface area contributed by atoms with Gasteiger partial charge in [-0.1, -0.05) is 23.7 Å². The van der Waals surface area contributed by atoms with Gasteiger partial charge in [0.25, 0.3) is 5.91 Å². The maximum Gasteiger partial charge on any atom is 0.326 e. The summed E-state index contributed by atoms with van der Waals surface area (Å²) >= 11 is 5.93. The molecule has 108 valence electrons. The summed E-state index contributed by atoms with van der Waals surface area (Å²) in [6.45, 7) is 0.449. The van der Waals surface area contributed by atoms with Crippen molar-refractivity contribution in [1.82, 2.24) is 9.88 Å². The number of fused-ring (bicyclic) bond motifs is 1. The molecule has 5 nitrogen and oxygen atoms in total. The third-order valence-electron chi connectivity index (χ3n) is 3.67. The number of amides is 1. The van der Waals surface area contributed by atoms with Crippen molar-refractivity contribution in [3.8, 4) is 0 Å². The lowest BCUT2D eigenvalue weighted by Gasteiger charge is -2.21. The predicted molar refractivity (Wildman–Crippen MR) is 78.4 cm³/mol. The summed E-state index contributed by atoms with van der Waals surface area (Å²) in [5, 5.41) is 10.6. The van der Waals surface area contributed by atoms with Crippen LogP contribution in [0, 0.1) is 0 Å². The highest BCUT2D eigenvalue weighted by Crippen LogP contribution is 2.22. The second-order valence-electron chi connectivity index (χ2n) is 5.03. The summed E-state index contributed by atoms with van der Waals surface area (Å²) in [6, 6.07) is 7.93. The number of carbonyl (C=O) groups is 2. The van der Waals surface area contributed by atoms with Gasteiger partial charge in [-0.2, -0.15) is 0 Å². The molecular weight excluding hydrogens is 292 g/mol. The Morgan fingerprint density at radius 2 is 2.05 bits per heavy atom. The molecule has 1 unspecified atom stereocenters. The molecule has 0 saturated carbocycles. The van der Waals surface area contributed by atoms with E-state index in [0.717, 1.165) is 5.39 Å². The Morgan fingerprint density at radius 3 is 2.81 bits per heavy atom. The maximum atomic E-state index is 12.5. The van der Waals surface area contributed by atoms with Gasteiger partial charge in [0, 0.05) is 17.0 Å². The first-order valence-electron chi connectivity index (χ1n) is 6.66. The summed E-state index contributed by atoms with van der Waals surface area (Å²) in [4.78, 5) is 29.3. The lowest BCUT2D eigenvalue weighted by atomic mass is 10.2. The van der Waals surface area contributed by atoms with Crippen LogP contribution in [0.25, 0.3) is 10.9 Å².